The smallest absolute Gasteiger partial charge is 0.275 e. The van der Waals surface area contributed by atoms with Gasteiger partial charge in [-0.25, -0.2) is 9.97 Å². The van der Waals surface area contributed by atoms with Crippen molar-refractivity contribution in [2.24, 2.45) is 0 Å². The number of rotatable bonds is 6. The molecule has 0 aliphatic rings. The van der Waals surface area contributed by atoms with E-state index in [-0.39, 0.29) is 17.1 Å². The van der Waals surface area contributed by atoms with Crippen LogP contribution in [0.25, 0.3) is 16.7 Å². The molecule has 0 aliphatic carbocycles. The molecule has 2 aromatic carbocycles. The molecule has 0 spiro atoms. The van der Waals surface area contributed by atoms with Crippen molar-refractivity contribution >= 4 is 22.6 Å². The van der Waals surface area contributed by atoms with Crippen molar-refractivity contribution in [1.29, 1.82) is 5.26 Å². The first kappa shape index (κ1) is 23.4. The van der Waals surface area contributed by atoms with E-state index in [2.05, 4.69) is 25.4 Å². The second kappa shape index (κ2) is 9.75. The average Bonchev–Trinajstić information content (AvgIpc) is 3.31. The number of carbonyl (C=O) groups excluding carboxylic acids is 1. The predicted molar refractivity (Wildman–Crippen MR) is 137 cm³/mol. The van der Waals surface area contributed by atoms with Gasteiger partial charge in [-0.3, -0.25) is 9.59 Å². The molecule has 5 rings (SSSR count). The van der Waals surface area contributed by atoms with Crippen molar-refractivity contribution in [1.82, 2.24) is 24.7 Å². The Hall–Kier alpha value is -5.30. The summed E-state index contributed by atoms with van der Waals surface area (Å²) in [5, 5.41) is 17.6. The fraction of sp³-hybridized carbons (Fsp3) is 0.111. The quantitative estimate of drug-likeness (QED) is 0.370. The van der Waals surface area contributed by atoms with E-state index in [4.69, 9.17) is 4.74 Å². The minimum Gasteiger partial charge on any atom is -0.497 e. The molecule has 10 heteroatoms. The van der Waals surface area contributed by atoms with E-state index in [1.165, 1.54) is 10.9 Å². The lowest BCUT2D eigenvalue weighted by molar-refractivity contribution is 0.102. The first-order chi connectivity index (χ1) is 17.9. The van der Waals surface area contributed by atoms with E-state index in [1.807, 2.05) is 55.5 Å². The number of aryl methyl sites for hydroxylation is 1. The summed E-state index contributed by atoms with van der Waals surface area (Å²) in [5.74, 6) is 0.946. The first-order valence-electron chi connectivity index (χ1n) is 11.3. The Morgan fingerprint density at radius 2 is 1.92 bits per heavy atom. The van der Waals surface area contributed by atoms with Crippen LogP contribution in [0.3, 0.4) is 0 Å². The van der Waals surface area contributed by atoms with Crippen molar-refractivity contribution < 1.29 is 9.53 Å². The maximum absolute atomic E-state index is 13.2. The predicted octanol–water partition coefficient (Wildman–Crippen LogP) is 3.54. The number of pyridine rings is 1. The Kier molecular flexibility index (Phi) is 6.18. The summed E-state index contributed by atoms with van der Waals surface area (Å²) in [5.41, 5.74) is 2.18. The lowest BCUT2D eigenvalue weighted by Gasteiger charge is -2.11. The zero-order valence-electron chi connectivity index (χ0n) is 20.0. The molecule has 0 unspecified atom stereocenters. The number of nitrogens with one attached hydrogen (secondary N) is 2. The molecule has 0 saturated heterocycles. The lowest BCUT2D eigenvalue weighted by Crippen LogP contribution is -2.22. The Labute approximate surface area is 211 Å². The highest BCUT2D eigenvalue weighted by molar-refractivity contribution is 6.03. The number of para-hydroxylation sites is 1. The number of benzene rings is 2. The molecule has 5 aromatic rings. The van der Waals surface area contributed by atoms with Crippen LogP contribution in [-0.2, 0) is 6.42 Å². The minimum atomic E-state index is -0.655. The van der Waals surface area contributed by atoms with Gasteiger partial charge in [0.05, 0.1) is 18.8 Å². The van der Waals surface area contributed by atoms with Crippen LogP contribution in [0.4, 0.5) is 5.82 Å². The summed E-state index contributed by atoms with van der Waals surface area (Å²) in [6, 6.07) is 19.9. The Bertz CT molecular complexity index is 1730. The third-order valence-corrected chi connectivity index (χ3v) is 5.80. The standard InChI is InChI=1S/C27H21N7O3/c1-16-11-24(31-21-6-4-3-5-20(16)21)34-26(18(14-28)15-29-34)33-27(36)22-13-25(35)32-23(30-22)12-17-7-9-19(37-2)10-8-17/h3-11,13,15H,12H2,1-2H3,(H,33,36)(H,30,32,35). The van der Waals surface area contributed by atoms with Gasteiger partial charge < -0.3 is 15.0 Å². The molecule has 1 amide bonds. The molecule has 0 atom stereocenters. The molecule has 37 heavy (non-hydrogen) atoms. The van der Waals surface area contributed by atoms with E-state index >= 15 is 0 Å². The highest BCUT2D eigenvalue weighted by atomic mass is 16.5. The number of carbonyl (C=O) groups is 1. The van der Waals surface area contributed by atoms with E-state index in [0.29, 0.717) is 23.8 Å². The fourth-order valence-electron chi connectivity index (χ4n) is 3.98. The van der Waals surface area contributed by atoms with E-state index in [9.17, 15) is 14.9 Å². The zero-order valence-corrected chi connectivity index (χ0v) is 20.0. The van der Waals surface area contributed by atoms with Crippen LogP contribution in [-0.4, -0.2) is 37.7 Å². The van der Waals surface area contributed by atoms with Crippen molar-refractivity contribution in [2.45, 2.75) is 13.3 Å². The molecule has 0 saturated carbocycles. The van der Waals surface area contributed by atoms with Crippen molar-refractivity contribution in [3.8, 4) is 17.6 Å². The number of ether oxygens (including phenoxy) is 1. The van der Waals surface area contributed by atoms with Gasteiger partial charge in [-0.05, 0) is 42.3 Å². The normalized spacial score (nSPS) is 10.7. The second-order valence-electron chi connectivity index (χ2n) is 8.30. The number of aromatic nitrogens is 5. The first-order valence-corrected chi connectivity index (χ1v) is 11.3. The fourth-order valence-corrected chi connectivity index (χ4v) is 3.98. The topological polar surface area (TPSA) is 139 Å². The molecule has 0 fully saturated rings. The molecule has 0 radical (unpaired) electrons. The molecule has 10 nitrogen and oxygen atoms in total. The van der Waals surface area contributed by atoms with E-state index in [0.717, 1.165) is 28.1 Å². The summed E-state index contributed by atoms with van der Waals surface area (Å²) in [4.78, 5) is 37.1. The van der Waals surface area contributed by atoms with Gasteiger partial charge in [0.25, 0.3) is 11.5 Å². The van der Waals surface area contributed by atoms with Gasteiger partial charge in [0.15, 0.2) is 11.6 Å². The minimum absolute atomic E-state index is 0.0912. The van der Waals surface area contributed by atoms with Crippen LogP contribution in [0.5, 0.6) is 5.75 Å². The van der Waals surface area contributed by atoms with Crippen molar-refractivity contribution in [3.63, 3.8) is 0 Å². The van der Waals surface area contributed by atoms with Crippen LogP contribution < -0.4 is 15.6 Å². The lowest BCUT2D eigenvalue weighted by atomic mass is 10.1. The van der Waals surface area contributed by atoms with Crippen LogP contribution in [0.15, 0.2) is 71.7 Å². The van der Waals surface area contributed by atoms with Crippen LogP contribution >= 0.6 is 0 Å². The molecular formula is C27H21N7O3. The monoisotopic (exact) mass is 491 g/mol. The molecule has 3 heterocycles. The van der Waals surface area contributed by atoms with Gasteiger partial charge in [-0.15, -0.1) is 0 Å². The number of fused-ring (bicyclic) bond motifs is 1. The zero-order chi connectivity index (χ0) is 25.9. The number of hydrogen-bond donors (Lipinski definition) is 2. The Morgan fingerprint density at radius 3 is 2.68 bits per heavy atom. The van der Waals surface area contributed by atoms with E-state index in [1.54, 1.807) is 19.2 Å². The molecule has 2 N–H and O–H groups in total. The van der Waals surface area contributed by atoms with Gasteiger partial charge in [-0.1, -0.05) is 30.3 Å². The number of methoxy groups -OCH3 is 1. The van der Waals surface area contributed by atoms with Gasteiger partial charge in [0.2, 0.25) is 0 Å². The average molecular weight is 492 g/mol. The number of anilines is 1. The molecule has 3 aromatic heterocycles. The van der Waals surface area contributed by atoms with Crippen LogP contribution in [0, 0.1) is 18.3 Å². The third kappa shape index (κ3) is 4.78. The maximum Gasteiger partial charge on any atom is 0.275 e. The van der Waals surface area contributed by atoms with Crippen molar-refractivity contribution in [3.05, 3.63) is 105 Å². The summed E-state index contributed by atoms with van der Waals surface area (Å²) in [7, 11) is 1.58. The third-order valence-electron chi connectivity index (χ3n) is 5.80. The van der Waals surface area contributed by atoms with E-state index < -0.39 is 11.5 Å². The number of aromatic amines is 1. The summed E-state index contributed by atoms with van der Waals surface area (Å²) in [6.45, 7) is 1.95. The second-order valence-corrected chi connectivity index (χ2v) is 8.30. The number of hydrogen-bond acceptors (Lipinski definition) is 7. The molecular weight excluding hydrogens is 470 g/mol. The number of nitrogens with zero attached hydrogens (tertiary/aromatic N) is 5. The van der Waals surface area contributed by atoms with Crippen LogP contribution in [0.2, 0.25) is 0 Å². The highest BCUT2D eigenvalue weighted by Crippen LogP contribution is 2.24. The Morgan fingerprint density at radius 1 is 1.14 bits per heavy atom. The highest BCUT2D eigenvalue weighted by Gasteiger charge is 2.19. The summed E-state index contributed by atoms with van der Waals surface area (Å²) >= 11 is 0. The van der Waals surface area contributed by atoms with Gasteiger partial charge in [-0.2, -0.15) is 15.0 Å². The van der Waals surface area contributed by atoms with Crippen molar-refractivity contribution in [2.75, 3.05) is 12.4 Å². The van der Waals surface area contributed by atoms with Crippen LogP contribution in [0.1, 0.15) is 33.0 Å². The number of amides is 1. The Balaban J connectivity index is 1.46. The van der Waals surface area contributed by atoms with Gasteiger partial charge in [0, 0.05) is 17.9 Å². The molecule has 0 aliphatic heterocycles. The largest absolute Gasteiger partial charge is 0.497 e. The molecule has 0 bridgehead atoms. The molecule has 182 valence electrons. The maximum atomic E-state index is 13.2. The number of H-pyrrole nitrogens is 1. The summed E-state index contributed by atoms with van der Waals surface area (Å²) < 4.78 is 6.56. The SMILES string of the molecule is COc1ccc(Cc2nc(C(=O)Nc3c(C#N)cnn3-c3cc(C)c4ccccc4n3)cc(=O)[nH]2)cc1. The van der Waals surface area contributed by atoms with Gasteiger partial charge in [0.1, 0.15) is 28.9 Å². The van der Waals surface area contributed by atoms with Gasteiger partial charge >= 0.3 is 0 Å². The number of nitriles is 1. The summed E-state index contributed by atoms with van der Waals surface area (Å²) in [6.07, 6.45) is 1.66.